The molecule has 0 spiro atoms. The molecule has 6 heavy (non-hydrogen) atoms. The van der Waals surface area contributed by atoms with E-state index >= 15 is 0 Å². The Hall–Kier alpha value is -0.0800. The fourth-order valence-corrected chi connectivity index (χ4v) is 0.276. The first-order valence-corrected chi connectivity index (χ1v) is 1.89. The molecule has 0 bridgehead atoms. The van der Waals surface area contributed by atoms with Gasteiger partial charge in [-0.3, -0.25) is 0 Å². The van der Waals surface area contributed by atoms with Gasteiger partial charge in [-0.05, 0) is 6.92 Å². The Labute approximate surface area is 36.4 Å². The number of aliphatic hydroxyl groups is 2. The molecular weight excluding hydrogens is 80.0 g/mol. The topological polar surface area (TPSA) is 40.5 Å². The van der Waals surface area contributed by atoms with Gasteiger partial charge in [-0.25, -0.2) is 0 Å². The van der Waals surface area contributed by atoms with Crippen LogP contribution in [0.2, 0.25) is 0 Å². The molecule has 1 aliphatic carbocycles. The van der Waals surface area contributed by atoms with Crippen molar-refractivity contribution in [2.45, 2.75) is 18.1 Å². The van der Waals surface area contributed by atoms with E-state index in [4.69, 9.17) is 10.2 Å². The van der Waals surface area contributed by atoms with E-state index in [0.29, 0.717) is 6.42 Å². The summed E-state index contributed by atoms with van der Waals surface area (Å²) in [5, 5.41) is 16.9. The average molecular weight is 87.1 g/mol. The number of rotatable bonds is 0. The van der Waals surface area contributed by atoms with E-state index in [2.05, 4.69) is 6.92 Å². The minimum atomic E-state index is -0.986. The van der Waals surface area contributed by atoms with Crippen LogP contribution in [0.1, 0.15) is 6.42 Å². The summed E-state index contributed by atoms with van der Waals surface area (Å²) in [5.41, 5.74) is -0.986. The lowest BCUT2D eigenvalue weighted by Crippen LogP contribution is -2.05. The Morgan fingerprint density at radius 2 is 2.00 bits per heavy atom. The maximum Gasteiger partial charge on any atom is 0.0933 e. The molecule has 1 aliphatic rings. The number of aliphatic hydroxyl groups excluding tert-OH is 1. The van der Waals surface area contributed by atoms with Gasteiger partial charge in [-0.2, -0.15) is 0 Å². The summed E-state index contributed by atoms with van der Waals surface area (Å²) in [6.45, 7) is 3.27. The normalized spacial score (nSPS) is 55.5. The third-order valence-corrected chi connectivity index (χ3v) is 1.01. The van der Waals surface area contributed by atoms with Crippen LogP contribution in [0, 0.1) is 6.92 Å². The van der Waals surface area contributed by atoms with Gasteiger partial charge in [0.2, 0.25) is 0 Å². The Kier molecular flexibility index (Phi) is 0.524. The third-order valence-electron chi connectivity index (χ3n) is 1.01. The first-order valence-electron chi connectivity index (χ1n) is 1.89. The van der Waals surface area contributed by atoms with Crippen LogP contribution in [0.25, 0.3) is 0 Å². The smallest absolute Gasteiger partial charge is 0.0933 e. The molecule has 2 nitrogen and oxygen atoms in total. The van der Waals surface area contributed by atoms with Crippen LogP contribution in [0.3, 0.4) is 0 Å². The van der Waals surface area contributed by atoms with Crippen molar-refractivity contribution in [3.05, 3.63) is 6.92 Å². The van der Waals surface area contributed by atoms with Crippen LogP contribution in [-0.2, 0) is 0 Å². The minimum Gasteiger partial charge on any atom is -0.390 e. The molecule has 0 heterocycles. The number of hydrogen-bond acceptors (Lipinski definition) is 2. The Balaban J connectivity index is 2.41. The van der Waals surface area contributed by atoms with Gasteiger partial charge in [0.05, 0.1) is 11.7 Å². The van der Waals surface area contributed by atoms with Crippen molar-refractivity contribution in [1.29, 1.82) is 0 Å². The lowest BCUT2D eigenvalue weighted by atomic mass is 10.4. The minimum absolute atomic E-state index is 0.438. The fraction of sp³-hybridized carbons (Fsp3) is 0.750. The summed E-state index contributed by atoms with van der Waals surface area (Å²) < 4.78 is 0. The highest BCUT2D eigenvalue weighted by molar-refractivity contribution is 5.06. The highest BCUT2D eigenvalue weighted by atomic mass is 16.4. The molecular formula is C4H7O2. The summed E-state index contributed by atoms with van der Waals surface area (Å²) in [7, 11) is 0. The zero-order valence-electron chi connectivity index (χ0n) is 3.39. The second-order valence-electron chi connectivity index (χ2n) is 1.82. The van der Waals surface area contributed by atoms with Crippen molar-refractivity contribution < 1.29 is 10.2 Å². The molecule has 0 aliphatic heterocycles. The van der Waals surface area contributed by atoms with Gasteiger partial charge in [-0.15, -0.1) is 0 Å². The second-order valence-corrected chi connectivity index (χ2v) is 1.82. The summed E-state index contributed by atoms with van der Waals surface area (Å²) in [6.07, 6.45) is -0.120. The van der Waals surface area contributed by atoms with Crippen molar-refractivity contribution in [3.63, 3.8) is 0 Å². The highest BCUT2D eigenvalue weighted by Crippen LogP contribution is 2.33. The zero-order valence-corrected chi connectivity index (χ0v) is 3.39. The molecule has 0 saturated heterocycles. The molecule has 35 valence electrons. The summed E-state index contributed by atoms with van der Waals surface area (Å²) in [5.74, 6) is 0. The van der Waals surface area contributed by atoms with Crippen molar-refractivity contribution in [1.82, 2.24) is 0 Å². The molecule has 0 aromatic heterocycles. The van der Waals surface area contributed by atoms with Crippen LogP contribution < -0.4 is 0 Å². The largest absolute Gasteiger partial charge is 0.390 e. The van der Waals surface area contributed by atoms with Gasteiger partial charge in [0.15, 0.2) is 0 Å². The SMILES string of the molecule is [CH2]C1(O)CC1O. The first-order chi connectivity index (χ1) is 2.63. The zero-order chi connectivity index (χ0) is 4.78. The van der Waals surface area contributed by atoms with Crippen molar-refractivity contribution in [2.24, 2.45) is 0 Å². The highest BCUT2D eigenvalue weighted by Gasteiger charge is 2.47. The predicted octanol–water partition coefficient (Wildman–Crippen LogP) is -0.684. The van der Waals surface area contributed by atoms with E-state index in [9.17, 15) is 0 Å². The van der Waals surface area contributed by atoms with Gasteiger partial charge >= 0.3 is 0 Å². The molecule has 1 fully saturated rings. The summed E-state index contributed by atoms with van der Waals surface area (Å²) in [4.78, 5) is 0. The Bertz CT molecular complexity index is 67.9. The molecule has 2 atom stereocenters. The van der Waals surface area contributed by atoms with Gasteiger partial charge in [-0.1, -0.05) is 0 Å². The van der Waals surface area contributed by atoms with Crippen LogP contribution in [0.4, 0.5) is 0 Å². The lowest BCUT2D eigenvalue weighted by molar-refractivity contribution is 0.123. The molecule has 0 aromatic rings. The molecule has 2 unspecified atom stereocenters. The van der Waals surface area contributed by atoms with Gasteiger partial charge in [0, 0.05) is 6.42 Å². The molecule has 1 rings (SSSR count). The molecule has 0 aromatic carbocycles. The Morgan fingerprint density at radius 1 is 1.83 bits per heavy atom. The van der Waals surface area contributed by atoms with Gasteiger partial charge in [0.25, 0.3) is 0 Å². The van der Waals surface area contributed by atoms with E-state index in [1.54, 1.807) is 0 Å². The van der Waals surface area contributed by atoms with Crippen LogP contribution in [0.15, 0.2) is 0 Å². The standard InChI is InChI=1S/C4H7O2/c1-4(6)2-3(4)5/h3,5-6H,1-2H2. The number of hydrogen-bond donors (Lipinski definition) is 2. The molecule has 1 radical (unpaired) electrons. The van der Waals surface area contributed by atoms with Crippen LogP contribution in [0.5, 0.6) is 0 Å². The Morgan fingerprint density at radius 3 is 2.00 bits per heavy atom. The second kappa shape index (κ2) is 0.768. The lowest BCUT2D eigenvalue weighted by Gasteiger charge is -1.90. The quantitative estimate of drug-likeness (QED) is 0.411. The third kappa shape index (κ3) is 0.420. The van der Waals surface area contributed by atoms with E-state index in [1.807, 2.05) is 0 Å². The van der Waals surface area contributed by atoms with Crippen LogP contribution in [-0.4, -0.2) is 21.9 Å². The summed E-state index contributed by atoms with van der Waals surface area (Å²) in [6, 6.07) is 0. The first kappa shape index (κ1) is 4.09. The molecule has 2 N–H and O–H groups in total. The van der Waals surface area contributed by atoms with Crippen molar-refractivity contribution in [2.75, 3.05) is 0 Å². The van der Waals surface area contributed by atoms with E-state index in [1.165, 1.54) is 0 Å². The van der Waals surface area contributed by atoms with Gasteiger partial charge in [0.1, 0.15) is 0 Å². The maximum atomic E-state index is 8.54. The summed E-state index contributed by atoms with van der Waals surface area (Å²) >= 11 is 0. The van der Waals surface area contributed by atoms with Crippen LogP contribution >= 0.6 is 0 Å². The predicted molar refractivity (Wildman–Crippen MR) is 20.9 cm³/mol. The monoisotopic (exact) mass is 87.0 g/mol. The van der Waals surface area contributed by atoms with Crippen molar-refractivity contribution >= 4 is 0 Å². The molecule has 1 saturated carbocycles. The van der Waals surface area contributed by atoms with E-state index in [0.717, 1.165) is 0 Å². The molecule has 2 heteroatoms. The fourth-order valence-electron chi connectivity index (χ4n) is 0.276. The van der Waals surface area contributed by atoms with E-state index in [-0.39, 0.29) is 0 Å². The molecule has 0 amide bonds. The van der Waals surface area contributed by atoms with Gasteiger partial charge < -0.3 is 10.2 Å². The van der Waals surface area contributed by atoms with E-state index < -0.39 is 11.7 Å². The average Bonchev–Trinajstić information content (AvgIpc) is 1.73. The maximum absolute atomic E-state index is 8.54. The van der Waals surface area contributed by atoms with Crippen molar-refractivity contribution in [3.8, 4) is 0 Å².